The molecular formula is C22H28N2O3S. The highest BCUT2D eigenvalue weighted by molar-refractivity contribution is 7.89. The third-order valence-corrected chi connectivity index (χ3v) is 7.19. The van der Waals surface area contributed by atoms with Crippen LogP contribution in [0.15, 0.2) is 53.4 Å². The van der Waals surface area contributed by atoms with E-state index in [1.54, 1.807) is 34.5 Å². The Hall–Kier alpha value is -2.18. The lowest BCUT2D eigenvalue weighted by Gasteiger charge is -2.21. The summed E-state index contributed by atoms with van der Waals surface area (Å²) >= 11 is 0. The molecule has 0 N–H and O–H groups in total. The van der Waals surface area contributed by atoms with E-state index in [9.17, 15) is 13.2 Å². The van der Waals surface area contributed by atoms with E-state index in [1.165, 1.54) is 6.07 Å². The maximum Gasteiger partial charge on any atom is 0.253 e. The van der Waals surface area contributed by atoms with Gasteiger partial charge < -0.3 is 4.90 Å². The maximum absolute atomic E-state index is 13.0. The topological polar surface area (TPSA) is 57.7 Å². The molecule has 0 unspecified atom stereocenters. The zero-order valence-electron chi connectivity index (χ0n) is 16.6. The van der Waals surface area contributed by atoms with Gasteiger partial charge in [-0.25, -0.2) is 8.42 Å². The SMILES string of the molecule is Cc1ccccc1CN(C)C(=O)c1cccc(S(=O)(=O)N2CCCCCC2)c1. The van der Waals surface area contributed by atoms with Crippen molar-refractivity contribution in [1.29, 1.82) is 0 Å². The summed E-state index contributed by atoms with van der Waals surface area (Å²) < 4.78 is 27.6. The summed E-state index contributed by atoms with van der Waals surface area (Å²) in [6.45, 7) is 3.60. The van der Waals surface area contributed by atoms with Crippen LogP contribution in [0.4, 0.5) is 0 Å². The van der Waals surface area contributed by atoms with Crippen LogP contribution in [0.5, 0.6) is 0 Å². The van der Waals surface area contributed by atoms with E-state index in [0.717, 1.165) is 36.8 Å². The molecule has 2 aromatic rings. The molecule has 1 aliphatic heterocycles. The summed E-state index contributed by atoms with van der Waals surface area (Å²) in [6, 6.07) is 14.4. The minimum absolute atomic E-state index is 0.184. The molecule has 0 aliphatic carbocycles. The normalized spacial score (nSPS) is 15.8. The molecule has 0 bridgehead atoms. The number of rotatable bonds is 5. The molecule has 0 spiro atoms. The number of hydrogen-bond donors (Lipinski definition) is 0. The van der Waals surface area contributed by atoms with E-state index in [0.29, 0.717) is 25.2 Å². The lowest BCUT2D eigenvalue weighted by atomic mass is 10.1. The van der Waals surface area contributed by atoms with Gasteiger partial charge in [-0.15, -0.1) is 0 Å². The lowest BCUT2D eigenvalue weighted by Crippen LogP contribution is -2.32. The largest absolute Gasteiger partial charge is 0.337 e. The van der Waals surface area contributed by atoms with Crippen LogP contribution in [0.3, 0.4) is 0 Å². The van der Waals surface area contributed by atoms with Crippen LogP contribution in [0.25, 0.3) is 0 Å². The average Bonchev–Trinajstić information content (AvgIpc) is 2.99. The highest BCUT2D eigenvalue weighted by Gasteiger charge is 2.26. The molecule has 1 saturated heterocycles. The number of carbonyl (C=O) groups is 1. The van der Waals surface area contributed by atoms with Gasteiger partial charge >= 0.3 is 0 Å². The predicted octanol–water partition coefficient (Wildman–Crippen LogP) is 3.83. The second kappa shape index (κ2) is 8.88. The molecule has 0 aromatic heterocycles. The number of carbonyl (C=O) groups excluding carboxylic acids is 1. The van der Waals surface area contributed by atoms with Crippen LogP contribution in [-0.2, 0) is 16.6 Å². The third kappa shape index (κ3) is 4.62. The van der Waals surface area contributed by atoms with Crippen molar-refractivity contribution in [2.24, 2.45) is 0 Å². The molecule has 150 valence electrons. The van der Waals surface area contributed by atoms with E-state index >= 15 is 0 Å². The number of sulfonamides is 1. The molecule has 1 aliphatic rings. The van der Waals surface area contributed by atoms with Crippen molar-refractivity contribution >= 4 is 15.9 Å². The summed E-state index contributed by atoms with van der Waals surface area (Å²) in [4.78, 5) is 14.7. The second-order valence-electron chi connectivity index (χ2n) is 7.43. The first-order valence-electron chi connectivity index (χ1n) is 9.80. The summed E-state index contributed by atoms with van der Waals surface area (Å²) in [6.07, 6.45) is 3.90. The van der Waals surface area contributed by atoms with Gasteiger partial charge in [-0.05, 0) is 49.1 Å². The number of amides is 1. The first-order chi connectivity index (χ1) is 13.4. The van der Waals surface area contributed by atoms with E-state index in [-0.39, 0.29) is 10.8 Å². The average molecular weight is 401 g/mol. The first kappa shape index (κ1) is 20.6. The second-order valence-corrected chi connectivity index (χ2v) is 9.37. The fourth-order valence-electron chi connectivity index (χ4n) is 3.56. The van der Waals surface area contributed by atoms with Crippen LogP contribution >= 0.6 is 0 Å². The van der Waals surface area contributed by atoms with Crippen molar-refractivity contribution in [2.75, 3.05) is 20.1 Å². The Morgan fingerprint density at radius 2 is 1.68 bits per heavy atom. The highest BCUT2D eigenvalue weighted by atomic mass is 32.2. The van der Waals surface area contributed by atoms with Gasteiger partial charge in [-0.1, -0.05) is 43.2 Å². The molecule has 1 heterocycles. The Morgan fingerprint density at radius 3 is 2.36 bits per heavy atom. The monoisotopic (exact) mass is 400 g/mol. The van der Waals surface area contributed by atoms with E-state index in [4.69, 9.17) is 0 Å². The van der Waals surface area contributed by atoms with Gasteiger partial charge in [0, 0.05) is 32.2 Å². The standard InChI is InChI=1S/C22H28N2O3S/c1-18-10-5-6-11-20(18)17-23(2)22(25)19-12-9-13-21(16-19)28(26,27)24-14-7-3-4-8-15-24/h5-6,9-13,16H,3-4,7-8,14-15,17H2,1-2H3. The lowest BCUT2D eigenvalue weighted by molar-refractivity contribution is 0.0784. The fraction of sp³-hybridized carbons (Fsp3) is 0.409. The van der Waals surface area contributed by atoms with Gasteiger partial charge in [0.05, 0.1) is 4.90 Å². The summed E-state index contributed by atoms with van der Waals surface area (Å²) in [5.74, 6) is -0.184. The van der Waals surface area contributed by atoms with Gasteiger partial charge in [0.2, 0.25) is 10.0 Å². The molecule has 28 heavy (non-hydrogen) atoms. The molecule has 3 rings (SSSR count). The quantitative estimate of drug-likeness (QED) is 0.766. The van der Waals surface area contributed by atoms with E-state index < -0.39 is 10.0 Å². The van der Waals surface area contributed by atoms with Crippen LogP contribution in [0.2, 0.25) is 0 Å². The smallest absolute Gasteiger partial charge is 0.253 e. The van der Waals surface area contributed by atoms with Crippen LogP contribution in [-0.4, -0.2) is 43.7 Å². The first-order valence-corrected chi connectivity index (χ1v) is 11.2. The van der Waals surface area contributed by atoms with Gasteiger partial charge in [0.25, 0.3) is 5.91 Å². The zero-order chi connectivity index (χ0) is 20.1. The predicted molar refractivity (Wildman–Crippen MR) is 111 cm³/mol. The zero-order valence-corrected chi connectivity index (χ0v) is 17.4. The van der Waals surface area contributed by atoms with Crippen molar-refractivity contribution in [3.05, 3.63) is 65.2 Å². The van der Waals surface area contributed by atoms with Crippen molar-refractivity contribution in [3.63, 3.8) is 0 Å². The van der Waals surface area contributed by atoms with Crippen LogP contribution < -0.4 is 0 Å². The van der Waals surface area contributed by atoms with Crippen molar-refractivity contribution in [1.82, 2.24) is 9.21 Å². The molecule has 2 aromatic carbocycles. The Bertz CT molecular complexity index is 932. The minimum atomic E-state index is -3.57. The van der Waals surface area contributed by atoms with Crippen LogP contribution in [0, 0.1) is 6.92 Å². The van der Waals surface area contributed by atoms with E-state index in [2.05, 4.69) is 0 Å². The molecule has 5 nitrogen and oxygen atoms in total. The Balaban J connectivity index is 1.80. The molecule has 0 radical (unpaired) electrons. The highest BCUT2D eigenvalue weighted by Crippen LogP contribution is 2.22. The summed E-state index contributed by atoms with van der Waals surface area (Å²) in [5, 5.41) is 0. The summed E-state index contributed by atoms with van der Waals surface area (Å²) in [7, 11) is -1.83. The molecule has 0 saturated carbocycles. The molecule has 1 fully saturated rings. The van der Waals surface area contributed by atoms with Crippen molar-refractivity contribution < 1.29 is 13.2 Å². The molecular weight excluding hydrogens is 372 g/mol. The number of benzene rings is 2. The third-order valence-electron chi connectivity index (χ3n) is 5.30. The Morgan fingerprint density at radius 1 is 1.00 bits per heavy atom. The molecule has 0 atom stereocenters. The fourth-order valence-corrected chi connectivity index (χ4v) is 5.12. The Labute approximate surface area is 168 Å². The number of nitrogens with zero attached hydrogens (tertiary/aromatic N) is 2. The maximum atomic E-state index is 13.0. The van der Waals surface area contributed by atoms with Gasteiger partial charge in [0.1, 0.15) is 0 Å². The van der Waals surface area contributed by atoms with E-state index in [1.807, 2.05) is 31.2 Å². The number of hydrogen-bond acceptors (Lipinski definition) is 3. The van der Waals surface area contributed by atoms with Gasteiger partial charge in [0.15, 0.2) is 0 Å². The molecule has 6 heteroatoms. The van der Waals surface area contributed by atoms with Gasteiger partial charge in [-0.3, -0.25) is 4.79 Å². The van der Waals surface area contributed by atoms with Crippen molar-refractivity contribution in [3.8, 4) is 0 Å². The summed E-state index contributed by atoms with van der Waals surface area (Å²) in [5.41, 5.74) is 2.60. The van der Waals surface area contributed by atoms with Crippen LogP contribution in [0.1, 0.15) is 47.2 Å². The minimum Gasteiger partial charge on any atom is -0.337 e. The van der Waals surface area contributed by atoms with Crippen molar-refractivity contribution in [2.45, 2.75) is 44.0 Å². The number of aryl methyl sites for hydroxylation is 1. The molecule has 1 amide bonds. The Kier molecular flexibility index (Phi) is 6.52. The van der Waals surface area contributed by atoms with Gasteiger partial charge in [-0.2, -0.15) is 4.31 Å².